The maximum atomic E-state index is 11.4. The van der Waals surface area contributed by atoms with Crippen LogP contribution < -0.4 is 4.72 Å². The van der Waals surface area contributed by atoms with E-state index in [1.807, 2.05) is 6.92 Å². The van der Waals surface area contributed by atoms with Crippen LogP contribution in [0.2, 0.25) is 0 Å². The van der Waals surface area contributed by atoms with E-state index in [1.165, 1.54) is 0 Å². The lowest BCUT2D eigenvalue weighted by molar-refractivity contribution is 0.250. The van der Waals surface area contributed by atoms with Crippen LogP contribution in [0.1, 0.15) is 27.2 Å². The molecule has 0 rings (SSSR count). The van der Waals surface area contributed by atoms with Crippen molar-refractivity contribution in [3.8, 4) is 0 Å². The summed E-state index contributed by atoms with van der Waals surface area (Å²) in [4.78, 5) is 0. The zero-order chi connectivity index (χ0) is 11.4. The summed E-state index contributed by atoms with van der Waals surface area (Å²) in [6, 6.07) is -0.435. The second-order valence-corrected chi connectivity index (χ2v) is 6.83. The van der Waals surface area contributed by atoms with Crippen LogP contribution in [0, 0.1) is 0 Å². The van der Waals surface area contributed by atoms with Gasteiger partial charge in [0.15, 0.2) is 0 Å². The molecular weight excluding hydrogens is 222 g/mol. The third-order valence-electron chi connectivity index (χ3n) is 1.80. The molecule has 0 aromatic rings. The molecule has 86 valence electrons. The molecule has 0 aromatic heterocycles. The summed E-state index contributed by atoms with van der Waals surface area (Å²) >= 11 is 4.15. The van der Waals surface area contributed by atoms with Gasteiger partial charge in [-0.15, -0.1) is 0 Å². The van der Waals surface area contributed by atoms with E-state index in [0.29, 0.717) is 6.42 Å². The molecule has 0 bridgehead atoms. The minimum atomic E-state index is -3.30. The number of aliphatic hydroxyl groups is 1. The van der Waals surface area contributed by atoms with Crippen molar-refractivity contribution in [2.24, 2.45) is 0 Å². The van der Waals surface area contributed by atoms with E-state index in [9.17, 15) is 8.42 Å². The average Bonchev–Trinajstić information content (AvgIpc) is 2.01. The number of hydrogen-bond donors (Lipinski definition) is 3. The Morgan fingerprint density at radius 3 is 2.14 bits per heavy atom. The first-order valence-corrected chi connectivity index (χ1v) is 6.66. The highest BCUT2D eigenvalue weighted by Gasteiger charge is 2.21. The molecule has 0 saturated carbocycles. The Bertz CT molecular complexity index is 249. The SMILES string of the molecule is CC(S)C[C@@H](CO)NS(=O)(=O)C(C)C. The highest BCUT2D eigenvalue weighted by atomic mass is 32.2. The zero-order valence-corrected chi connectivity index (χ0v) is 10.5. The van der Waals surface area contributed by atoms with Gasteiger partial charge in [-0.1, -0.05) is 6.92 Å². The third kappa shape index (κ3) is 5.19. The van der Waals surface area contributed by atoms with Gasteiger partial charge in [0.1, 0.15) is 0 Å². The Labute approximate surface area is 91.6 Å². The molecule has 6 heteroatoms. The van der Waals surface area contributed by atoms with Gasteiger partial charge in [-0.3, -0.25) is 0 Å². The third-order valence-corrected chi connectivity index (χ3v) is 3.91. The normalized spacial score (nSPS) is 17.0. The molecule has 0 aliphatic heterocycles. The summed E-state index contributed by atoms with van der Waals surface area (Å²) in [5.41, 5.74) is 0. The minimum absolute atomic E-state index is 0.0574. The van der Waals surface area contributed by atoms with Crippen molar-refractivity contribution >= 4 is 22.7 Å². The molecule has 1 unspecified atom stereocenters. The van der Waals surface area contributed by atoms with Crippen LogP contribution in [0.3, 0.4) is 0 Å². The average molecular weight is 241 g/mol. The molecule has 2 N–H and O–H groups in total. The molecular formula is C8H19NO3S2. The zero-order valence-electron chi connectivity index (χ0n) is 8.77. The van der Waals surface area contributed by atoms with Crippen molar-refractivity contribution in [3.63, 3.8) is 0 Å². The van der Waals surface area contributed by atoms with E-state index >= 15 is 0 Å². The van der Waals surface area contributed by atoms with Crippen LogP contribution in [0.15, 0.2) is 0 Å². The van der Waals surface area contributed by atoms with Gasteiger partial charge in [-0.05, 0) is 20.3 Å². The molecule has 0 spiro atoms. The molecule has 0 radical (unpaired) electrons. The number of rotatable bonds is 6. The Morgan fingerprint density at radius 2 is 1.86 bits per heavy atom. The number of hydrogen-bond acceptors (Lipinski definition) is 4. The van der Waals surface area contributed by atoms with Crippen LogP contribution >= 0.6 is 12.6 Å². The maximum absolute atomic E-state index is 11.4. The molecule has 0 heterocycles. The number of aliphatic hydroxyl groups excluding tert-OH is 1. The second-order valence-electron chi connectivity index (χ2n) is 3.68. The molecule has 14 heavy (non-hydrogen) atoms. The Balaban J connectivity index is 4.32. The van der Waals surface area contributed by atoms with Gasteiger partial charge in [0, 0.05) is 11.3 Å². The molecule has 0 aliphatic rings. The van der Waals surface area contributed by atoms with Crippen LogP contribution in [0.25, 0.3) is 0 Å². The summed E-state index contributed by atoms with van der Waals surface area (Å²) in [7, 11) is -3.30. The number of nitrogens with one attached hydrogen (secondary N) is 1. The summed E-state index contributed by atoms with van der Waals surface area (Å²) < 4.78 is 25.3. The topological polar surface area (TPSA) is 66.4 Å². The fraction of sp³-hybridized carbons (Fsp3) is 1.00. The summed E-state index contributed by atoms with van der Waals surface area (Å²) in [5, 5.41) is 8.54. The number of thiol groups is 1. The van der Waals surface area contributed by atoms with E-state index in [1.54, 1.807) is 13.8 Å². The highest BCUT2D eigenvalue weighted by Crippen LogP contribution is 2.06. The Hall–Kier alpha value is 0.220. The van der Waals surface area contributed by atoms with E-state index in [2.05, 4.69) is 17.4 Å². The quantitative estimate of drug-likeness (QED) is 0.589. The maximum Gasteiger partial charge on any atom is 0.214 e. The van der Waals surface area contributed by atoms with Crippen molar-refractivity contribution in [1.82, 2.24) is 4.72 Å². The molecule has 0 amide bonds. The van der Waals surface area contributed by atoms with Crippen LogP contribution in [-0.4, -0.2) is 36.7 Å². The molecule has 0 fully saturated rings. The van der Waals surface area contributed by atoms with Crippen molar-refractivity contribution in [2.45, 2.75) is 43.7 Å². The first kappa shape index (κ1) is 14.2. The standard InChI is InChI=1S/C8H19NO3S2/c1-6(2)14(11,12)9-8(5-10)4-7(3)13/h6-10,13H,4-5H2,1-3H3/t7?,8-/m0/s1. The molecule has 0 aromatic carbocycles. The first-order valence-electron chi connectivity index (χ1n) is 4.59. The monoisotopic (exact) mass is 241 g/mol. The molecule has 0 aliphatic carbocycles. The van der Waals surface area contributed by atoms with E-state index in [-0.39, 0.29) is 11.9 Å². The highest BCUT2D eigenvalue weighted by molar-refractivity contribution is 7.90. The lowest BCUT2D eigenvalue weighted by atomic mass is 10.2. The van der Waals surface area contributed by atoms with Gasteiger partial charge >= 0.3 is 0 Å². The lowest BCUT2D eigenvalue weighted by Gasteiger charge is -2.19. The van der Waals surface area contributed by atoms with Crippen LogP contribution in [-0.2, 0) is 10.0 Å². The Morgan fingerprint density at radius 1 is 1.36 bits per heavy atom. The van der Waals surface area contributed by atoms with Gasteiger partial charge < -0.3 is 5.11 Å². The Kier molecular flexibility index (Phi) is 6.04. The van der Waals surface area contributed by atoms with Gasteiger partial charge in [-0.25, -0.2) is 13.1 Å². The predicted molar refractivity (Wildman–Crippen MR) is 61.1 cm³/mol. The van der Waals surface area contributed by atoms with E-state index in [4.69, 9.17) is 5.11 Å². The molecule has 4 nitrogen and oxygen atoms in total. The van der Waals surface area contributed by atoms with E-state index in [0.717, 1.165) is 0 Å². The second kappa shape index (κ2) is 5.95. The van der Waals surface area contributed by atoms with Crippen molar-refractivity contribution < 1.29 is 13.5 Å². The van der Waals surface area contributed by atoms with Crippen LogP contribution in [0.5, 0.6) is 0 Å². The predicted octanol–water partition coefficient (Wildman–Crippen LogP) is 0.383. The summed E-state index contributed by atoms with van der Waals surface area (Å²) in [5.74, 6) is 0. The summed E-state index contributed by atoms with van der Waals surface area (Å²) in [6.07, 6.45) is 0.519. The van der Waals surface area contributed by atoms with Crippen molar-refractivity contribution in [2.75, 3.05) is 6.61 Å². The first-order chi connectivity index (χ1) is 6.29. The molecule has 2 atom stereocenters. The van der Waals surface area contributed by atoms with Gasteiger partial charge in [0.2, 0.25) is 10.0 Å². The minimum Gasteiger partial charge on any atom is -0.395 e. The largest absolute Gasteiger partial charge is 0.395 e. The lowest BCUT2D eigenvalue weighted by Crippen LogP contribution is -2.42. The van der Waals surface area contributed by atoms with Gasteiger partial charge in [0.25, 0.3) is 0 Å². The smallest absolute Gasteiger partial charge is 0.214 e. The van der Waals surface area contributed by atoms with Crippen molar-refractivity contribution in [1.29, 1.82) is 0 Å². The van der Waals surface area contributed by atoms with E-state index < -0.39 is 21.3 Å². The summed E-state index contributed by atoms with van der Waals surface area (Å²) in [6.45, 7) is 4.86. The fourth-order valence-corrected chi connectivity index (χ4v) is 2.10. The fourth-order valence-electron chi connectivity index (χ4n) is 0.940. The van der Waals surface area contributed by atoms with Crippen LogP contribution in [0.4, 0.5) is 0 Å². The van der Waals surface area contributed by atoms with Gasteiger partial charge in [-0.2, -0.15) is 12.6 Å². The van der Waals surface area contributed by atoms with Crippen molar-refractivity contribution in [3.05, 3.63) is 0 Å². The number of sulfonamides is 1. The molecule has 0 saturated heterocycles. The van der Waals surface area contributed by atoms with Gasteiger partial charge in [0.05, 0.1) is 11.9 Å².